The first-order valence-electron chi connectivity index (χ1n) is 8.35. The Morgan fingerprint density at radius 2 is 2.35 bits per heavy atom. The van der Waals surface area contributed by atoms with Gasteiger partial charge in [0.1, 0.15) is 16.8 Å². The van der Waals surface area contributed by atoms with Crippen LogP contribution >= 0.6 is 22.9 Å². The molecule has 0 radical (unpaired) electrons. The van der Waals surface area contributed by atoms with E-state index in [9.17, 15) is 5.26 Å². The Kier molecular flexibility index (Phi) is 4.72. The van der Waals surface area contributed by atoms with E-state index in [0.717, 1.165) is 47.9 Å². The average molecular weight is 388 g/mol. The van der Waals surface area contributed by atoms with Crippen LogP contribution in [0.1, 0.15) is 27.3 Å². The zero-order valence-electron chi connectivity index (χ0n) is 14.3. The quantitative estimate of drug-likeness (QED) is 0.721. The van der Waals surface area contributed by atoms with Gasteiger partial charge >= 0.3 is 0 Å². The first-order valence-corrected chi connectivity index (χ1v) is 9.54. The van der Waals surface area contributed by atoms with E-state index >= 15 is 0 Å². The summed E-state index contributed by atoms with van der Waals surface area (Å²) in [4.78, 5) is 3.57. The van der Waals surface area contributed by atoms with E-state index in [1.807, 2.05) is 25.5 Å². The lowest BCUT2D eigenvalue weighted by Crippen LogP contribution is -2.29. The molecule has 4 heterocycles. The summed E-state index contributed by atoms with van der Waals surface area (Å²) in [6.45, 7) is 3.11. The number of anilines is 1. The van der Waals surface area contributed by atoms with E-state index in [2.05, 4.69) is 21.4 Å². The SMILES string of the molecule is Cn1cc(CNc2sc3c(c2C#N)CCN(Cc2ccc(Cl)o2)C3)cn1. The zero-order chi connectivity index (χ0) is 18.1. The van der Waals surface area contributed by atoms with E-state index in [-0.39, 0.29) is 0 Å². The fourth-order valence-electron chi connectivity index (χ4n) is 3.24. The topological polar surface area (TPSA) is 70.0 Å². The van der Waals surface area contributed by atoms with Crippen molar-refractivity contribution in [3.63, 3.8) is 0 Å². The lowest BCUT2D eigenvalue weighted by Gasteiger charge is -2.25. The van der Waals surface area contributed by atoms with Gasteiger partial charge in [-0.2, -0.15) is 10.4 Å². The summed E-state index contributed by atoms with van der Waals surface area (Å²) in [5.41, 5.74) is 3.06. The van der Waals surface area contributed by atoms with Crippen LogP contribution in [0.4, 0.5) is 5.00 Å². The molecule has 0 spiro atoms. The van der Waals surface area contributed by atoms with Gasteiger partial charge in [0.05, 0.1) is 18.3 Å². The van der Waals surface area contributed by atoms with Crippen molar-refractivity contribution in [1.82, 2.24) is 14.7 Å². The standard InChI is InChI=1S/C18H18ClN5OS/c1-23-9-12(8-22-23)7-21-18-15(6-20)14-4-5-24(11-16(14)26-18)10-13-2-3-17(19)25-13/h2-3,8-9,21H,4-5,7,10-11H2,1H3. The molecule has 0 aromatic carbocycles. The number of nitriles is 1. The molecule has 3 aromatic rings. The first-order chi connectivity index (χ1) is 12.6. The maximum absolute atomic E-state index is 9.63. The molecule has 0 saturated carbocycles. The summed E-state index contributed by atoms with van der Waals surface area (Å²) in [5, 5.41) is 18.6. The Balaban J connectivity index is 1.48. The highest BCUT2D eigenvalue weighted by Gasteiger charge is 2.25. The summed E-state index contributed by atoms with van der Waals surface area (Å²) < 4.78 is 7.25. The summed E-state index contributed by atoms with van der Waals surface area (Å²) in [6.07, 6.45) is 4.68. The molecule has 26 heavy (non-hydrogen) atoms. The Bertz CT molecular complexity index is 967. The number of furan rings is 1. The number of thiophene rings is 1. The van der Waals surface area contributed by atoms with Gasteiger partial charge in [0.15, 0.2) is 5.22 Å². The van der Waals surface area contributed by atoms with Crippen LogP contribution in [0.25, 0.3) is 0 Å². The number of aryl methyl sites for hydroxylation is 1. The minimum atomic E-state index is 0.419. The van der Waals surface area contributed by atoms with Crippen LogP contribution in [0.2, 0.25) is 5.22 Å². The second kappa shape index (κ2) is 7.16. The number of halogens is 1. The number of fused-ring (bicyclic) bond motifs is 1. The first kappa shape index (κ1) is 17.2. The number of aromatic nitrogens is 2. The van der Waals surface area contributed by atoms with Crippen LogP contribution in [-0.2, 0) is 33.1 Å². The maximum Gasteiger partial charge on any atom is 0.193 e. The largest absolute Gasteiger partial charge is 0.448 e. The third-order valence-electron chi connectivity index (χ3n) is 4.47. The zero-order valence-corrected chi connectivity index (χ0v) is 15.9. The Morgan fingerprint density at radius 3 is 3.04 bits per heavy atom. The second-order valence-electron chi connectivity index (χ2n) is 6.36. The third-order valence-corrected chi connectivity index (χ3v) is 5.85. The normalized spacial score (nSPS) is 14.2. The number of nitrogens with zero attached hydrogens (tertiary/aromatic N) is 4. The van der Waals surface area contributed by atoms with E-state index in [1.54, 1.807) is 22.1 Å². The number of rotatable bonds is 5. The molecule has 0 saturated heterocycles. The lowest BCUT2D eigenvalue weighted by atomic mass is 10.0. The van der Waals surface area contributed by atoms with Crippen molar-refractivity contribution in [2.75, 3.05) is 11.9 Å². The molecule has 134 valence electrons. The molecule has 1 aliphatic heterocycles. The highest BCUT2D eigenvalue weighted by atomic mass is 35.5. The molecule has 1 aliphatic rings. The van der Waals surface area contributed by atoms with Crippen molar-refractivity contribution >= 4 is 27.9 Å². The molecule has 0 atom stereocenters. The molecule has 1 N–H and O–H groups in total. The molecular weight excluding hydrogens is 370 g/mol. The fraction of sp³-hybridized carbons (Fsp3) is 0.333. The minimum Gasteiger partial charge on any atom is -0.448 e. The van der Waals surface area contributed by atoms with Crippen molar-refractivity contribution in [2.24, 2.45) is 7.05 Å². The van der Waals surface area contributed by atoms with Gasteiger partial charge in [0, 0.05) is 43.3 Å². The molecule has 0 amide bonds. The van der Waals surface area contributed by atoms with E-state index in [1.165, 1.54) is 10.4 Å². The van der Waals surface area contributed by atoms with Crippen molar-refractivity contribution in [2.45, 2.75) is 26.1 Å². The van der Waals surface area contributed by atoms with Gasteiger partial charge in [-0.3, -0.25) is 9.58 Å². The van der Waals surface area contributed by atoms with Gasteiger partial charge in [0.25, 0.3) is 0 Å². The van der Waals surface area contributed by atoms with E-state index in [0.29, 0.717) is 11.8 Å². The Morgan fingerprint density at radius 1 is 1.46 bits per heavy atom. The van der Waals surface area contributed by atoms with Gasteiger partial charge in [0.2, 0.25) is 0 Å². The third kappa shape index (κ3) is 3.49. The Hall–Kier alpha value is -2.27. The van der Waals surface area contributed by atoms with Crippen LogP contribution < -0.4 is 5.32 Å². The molecule has 8 heteroatoms. The molecule has 0 unspecified atom stereocenters. The van der Waals surface area contributed by atoms with Gasteiger partial charge in [-0.05, 0) is 35.7 Å². The molecule has 0 bridgehead atoms. The van der Waals surface area contributed by atoms with E-state index < -0.39 is 0 Å². The summed E-state index contributed by atoms with van der Waals surface area (Å²) in [5.74, 6) is 0.866. The average Bonchev–Trinajstić information content (AvgIpc) is 3.31. The second-order valence-corrected chi connectivity index (χ2v) is 7.84. The maximum atomic E-state index is 9.63. The molecule has 6 nitrogen and oxygen atoms in total. The highest BCUT2D eigenvalue weighted by Crippen LogP contribution is 2.37. The van der Waals surface area contributed by atoms with Crippen LogP contribution in [0.15, 0.2) is 28.9 Å². The monoisotopic (exact) mass is 387 g/mol. The lowest BCUT2D eigenvalue weighted by molar-refractivity contribution is 0.228. The number of hydrogen-bond acceptors (Lipinski definition) is 6. The van der Waals surface area contributed by atoms with Gasteiger partial charge in [-0.15, -0.1) is 11.3 Å². The van der Waals surface area contributed by atoms with Gasteiger partial charge in [-0.1, -0.05) is 0 Å². The predicted molar refractivity (Wildman–Crippen MR) is 101 cm³/mol. The molecule has 3 aromatic heterocycles. The molecule has 0 fully saturated rings. The van der Waals surface area contributed by atoms with Gasteiger partial charge < -0.3 is 9.73 Å². The minimum absolute atomic E-state index is 0.419. The molecule has 0 aliphatic carbocycles. The Labute approximate surface area is 160 Å². The van der Waals surface area contributed by atoms with Crippen LogP contribution in [-0.4, -0.2) is 21.2 Å². The number of nitrogens with one attached hydrogen (secondary N) is 1. The highest BCUT2D eigenvalue weighted by molar-refractivity contribution is 7.16. The summed E-state index contributed by atoms with van der Waals surface area (Å²) in [7, 11) is 1.90. The van der Waals surface area contributed by atoms with Crippen molar-refractivity contribution in [1.29, 1.82) is 5.26 Å². The van der Waals surface area contributed by atoms with Crippen LogP contribution in [0.3, 0.4) is 0 Å². The predicted octanol–water partition coefficient (Wildman–Crippen LogP) is 3.77. The number of hydrogen-bond donors (Lipinski definition) is 1. The fourth-order valence-corrected chi connectivity index (χ4v) is 4.63. The van der Waals surface area contributed by atoms with Crippen LogP contribution in [0.5, 0.6) is 0 Å². The smallest absolute Gasteiger partial charge is 0.193 e. The van der Waals surface area contributed by atoms with Gasteiger partial charge in [-0.25, -0.2) is 0 Å². The molecule has 4 rings (SSSR count). The summed E-state index contributed by atoms with van der Waals surface area (Å²) in [6, 6.07) is 6.07. The van der Waals surface area contributed by atoms with E-state index in [4.69, 9.17) is 16.0 Å². The van der Waals surface area contributed by atoms with Crippen molar-refractivity contribution in [3.05, 3.63) is 57.1 Å². The van der Waals surface area contributed by atoms with Crippen LogP contribution in [0, 0.1) is 11.3 Å². The molecular formula is C18H18ClN5OS. The van der Waals surface area contributed by atoms with Crippen molar-refractivity contribution < 1.29 is 4.42 Å². The van der Waals surface area contributed by atoms with Crippen molar-refractivity contribution in [3.8, 4) is 6.07 Å². The summed E-state index contributed by atoms with van der Waals surface area (Å²) >= 11 is 7.53.